The van der Waals surface area contributed by atoms with Crippen LogP contribution in [0.15, 0.2) is 66.7 Å². The lowest BCUT2D eigenvalue weighted by Gasteiger charge is -2.34. The van der Waals surface area contributed by atoms with Crippen molar-refractivity contribution in [2.45, 2.75) is 13.0 Å². The minimum Gasteiger partial charge on any atom is -0.292 e. The molecule has 0 aliphatic carbocycles. The summed E-state index contributed by atoms with van der Waals surface area (Å²) >= 11 is 11.8. The Kier molecular flexibility index (Phi) is 6.38. The van der Waals surface area contributed by atoms with Gasteiger partial charge in [-0.3, -0.25) is 29.3 Å². The lowest BCUT2D eigenvalue weighted by Crippen LogP contribution is -2.56. The minimum absolute atomic E-state index is 0.0382. The molecule has 3 aromatic carbocycles. The van der Waals surface area contributed by atoms with Gasteiger partial charge in [0, 0.05) is 27.2 Å². The third-order valence-electron chi connectivity index (χ3n) is 5.46. The maximum absolute atomic E-state index is 13.6. The lowest BCUT2D eigenvalue weighted by atomic mass is 10.0. The van der Waals surface area contributed by atoms with Crippen molar-refractivity contribution >= 4 is 52.4 Å². The Morgan fingerprint density at radius 1 is 0.886 bits per heavy atom. The SMILES string of the molecule is C[C@@H](C(=O)c1ccc(Cl)cc1)N(C(=O)c1ccc(Cl)cc1)N1C(=O)c2cccc([N+](=O)[O-])c2C1=O. The summed E-state index contributed by atoms with van der Waals surface area (Å²) in [4.78, 5) is 64.2. The number of rotatable bonds is 6. The second kappa shape index (κ2) is 9.28. The number of nitro benzene ring substituents is 1. The molecule has 0 saturated carbocycles. The molecule has 1 atom stereocenters. The highest BCUT2D eigenvalue weighted by Gasteiger charge is 2.48. The van der Waals surface area contributed by atoms with Crippen LogP contribution in [0.5, 0.6) is 0 Å². The molecule has 0 bridgehead atoms. The van der Waals surface area contributed by atoms with Crippen LogP contribution in [-0.4, -0.2) is 44.5 Å². The van der Waals surface area contributed by atoms with Crippen molar-refractivity contribution in [1.29, 1.82) is 0 Å². The fourth-order valence-electron chi connectivity index (χ4n) is 3.73. The van der Waals surface area contributed by atoms with E-state index in [1.165, 1.54) is 67.6 Å². The van der Waals surface area contributed by atoms with Gasteiger partial charge in [-0.25, -0.2) is 5.01 Å². The van der Waals surface area contributed by atoms with Crippen LogP contribution in [0.25, 0.3) is 0 Å². The lowest BCUT2D eigenvalue weighted by molar-refractivity contribution is -0.385. The van der Waals surface area contributed by atoms with E-state index in [4.69, 9.17) is 23.2 Å². The van der Waals surface area contributed by atoms with Crippen LogP contribution in [0.2, 0.25) is 10.0 Å². The average molecular weight is 512 g/mol. The Labute approximate surface area is 208 Å². The molecular weight excluding hydrogens is 497 g/mol. The number of benzene rings is 3. The van der Waals surface area contributed by atoms with Crippen molar-refractivity contribution in [1.82, 2.24) is 10.0 Å². The van der Waals surface area contributed by atoms with Crippen LogP contribution < -0.4 is 0 Å². The van der Waals surface area contributed by atoms with Gasteiger partial charge in [0.15, 0.2) is 5.78 Å². The highest BCUT2D eigenvalue weighted by molar-refractivity contribution is 6.31. The summed E-state index contributed by atoms with van der Waals surface area (Å²) in [6.45, 7) is 1.35. The summed E-state index contributed by atoms with van der Waals surface area (Å²) in [6, 6.07) is 13.7. The zero-order valence-electron chi connectivity index (χ0n) is 18.0. The van der Waals surface area contributed by atoms with Crippen molar-refractivity contribution in [3.8, 4) is 0 Å². The van der Waals surface area contributed by atoms with E-state index in [0.717, 1.165) is 6.07 Å². The van der Waals surface area contributed by atoms with Crippen molar-refractivity contribution in [3.05, 3.63) is 109 Å². The van der Waals surface area contributed by atoms with E-state index in [0.29, 0.717) is 20.1 Å². The van der Waals surface area contributed by atoms with Crippen molar-refractivity contribution < 1.29 is 24.1 Å². The van der Waals surface area contributed by atoms with E-state index in [2.05, 4.69) is 0 Å². The summed E-state index contributed by atoms with van der Waals surface area (Å²) in [5.41, 5.74) is -1.07. The topological polar surface area (TPSA) is 118 Å². The Balaban J connectivity index is 1.83. The number of imide groups is 1. The highest BCUT2D eigenvalue weighted by atomic mass is 35.5. The third kappa shape index (κ3) is 4.27. The van der Waals surface area contributed by atoms with Crippen LogP contribution in [0.3, 0.4) is 0 Å². The fraction of sp³-hybridized carbons (Fsp3) is 0.0833. The third-order valence-corrected chi connectivity index (χ3v) is 5.96. The molecular formula is C24H15Cl2N3O6. The number of nitrogens with zero attached hydrogens (tertiary/aromatic N) is 3. The number of hydrogen-bond donors (Lipinski definition) is 0. The number of halogens is 2. The second-order valence-corrected chi connectivity index (χ2v) is 8.46. The first-order valence-corrected chi connectivity index (χ1v) is 10.9. The summed E-state index contributed by atoms with van der Waals surface area (Å²) in [5, 5.41) is 13.4. The van der Waals surface area contributed by atoms with Gasteiger partial charge in [0.2, 0.25) is 0 Å². The van der Waals surface area contributed by atoms with Crippen LogP contribution in [0, 0.1) is 10.1 Å². The molecule has 0 fully saturated rings. The molecule has 1 aliphatic heterocycles. The number of Topliss-reactive ketones (excluding diaryl/α,β-unsaturated/α-hetero) is 1. The van der Waals surface area contributed by atoms with Crippen LogP contribution in [0.4, 0.5) is 5.69 Å². The molecule has 0 saturated heterocycles. The number of hydrogen-bond acceptors (Lipinski definition) is 6. The zero-order chi connectivity index (χ0) is 25.4. The van der Waals surface area contributed by atoms with Gasteiger partial charge in [0.05, 0.1) is 10.5 Å². The van der Waals surface area contributed by atoms with Gasteiger partial charge in [0.25, 0.3) is 23.4 Å². The minimum atomic E-state index is -1.35. The molecule has 9 nitrogen and oxygen atoms in total. The summed E-state index contributed by atoms with van der Waals surface area (Å²) in [5.74, 6) is -3.49. The van der Waals surface area contributed by atoms with Gasteiger partial charge in [-0.2, -0.15) is 5.01 Å². The molecule has 176 valence electrons. The van der Waals surface area contributed by atoms with Crippen LogP contribution >= 0.6 is 23.2 Å². The average Bonchev–Trinajstić information content (AvgIpc) is 3.09. The summed E-state index contributed by atoms with van der Waals surface area (Å²) in [7, 11) is 0. The predicted octanol–water partition coefficient (Wildman–Crippen LogP) is 4.83. The smallest absolute Gasteiger partial charge is 0.287 e. The largest absolute Gasteiger partial charge is 0.292 e. The van der Waals surface area contributed by atoms with Gasteiger partial charge in [-0.05, 0) is 61.5 Å². The van der Waals surface area contributed by atoms with Gasteiger partial charge in [0.1, 0.15) is 11.6 Å². The Morgan fingerprint density at radius 2 is 1.43 bits per heavy atom. The fourth-order valence-corrected chi connectivity index (χ4v) is 3.99. The Bertz CT molecular complexity index is 1390. The van der Waals surface area contributed by atoms with Crippen molar-refractivity contribution in [3.63, 3.8) is 0 Å². The molecule has 0 aromatic heterocycles. The molecule has 1 aliphatic rings. The number of carbonyl (C=O) groups excluding carboxylic acids is 4. The Hall–Kier alpha value is -4.08. The summed E-state index contributed by atoms with van der Waals surface area (Å²) < 4.78 is 0. The molecule has 0 N–H and O–H groups in total. The number of nitro groups is 1. The first kappa shape index (κ1) is 24.1. The van der Waals surface area contributed by atoms with E-state index < -0.39 is 45.7 Å². The van der Waals surface area contributed by atoms with Gasteiger partial charge < -0.3 is 0 Å². The maximum Gasteiger partial charge on any atom is 0.287 e. The van der Waals surface area contributed by atoms with E-state index in [1.807, 2.05) is 0 Å². The van der Waals surface area contributed by atoms with Gasteiger partial charge in [-0.1, -0.05) is 29.3 Å². The van der Waals surface area contributed by atoms with E-state index in [1.54, 1.807) is 0 Å². The molecule has 4 rings (SSSR count). The molecule has 3 amide bonds. The Morgan fingerprint density at radius 3 is 1.97 bits per heavy atom. The van der Waals surface area contributed by atoms with Crippen molar-refractivity contribution in [2.24, 2.45) is 0 Å². The zero-order valence-corrected chi connectivity index (χ0v) is 19.5. The van der Waals surface area contributed by atoms with Gasteiger partial charge in [-0.15, -0.1) is 0 Å². The first-order chi connectivity index (χ1) is 16.6. The highest BCUT2D eigenvalue weighted by Crippen LogP contribution is 2.33. The maximum atomic E-state index is 13.6. The molecule has 35 heavy (non-hydrogen) atoms. The van der Waals surface area contributed by atoms with Gasteiger partial charge >= 0.3 is 0 Å². The summed E-state index contributed by atoms with van der Waals surface area (Å²) in [6.07, 6.45) is 0. The number of ketones is 1. The molecule has 3 aromatic rings. The number of hydrazine groups is 1. The molecule has 11 heteroatoms. The quantitative estimate of drug-likeness (QED) is 0.202. The van der Waals surface area contributed by atoms with Crippen molar-refractivity contribution in [2.75, 3.05) is 0 Å². The first-order valence-electron chi connectivity index (χ1n) is 10.2. The van der Waals surface area contributed by atoms with E-state index in [-0.39, 0.29) is 16.7 Å². The normalized spacial score (nSPS) is 13.4. The number of carbonyl (C=O) groups is 4. The van der Waals surface area contributed by atoms with E-state index in [9.17, 15) is 29.3 Å². The predicted molar refractivity (Wildman–Crippen MR) is 126 cm³/mol. The molecule has 0 spiro atoms. The van der Waals surface area contributed by atoms with Crippen LogP contribution in [-0.2, 0) is 0 Å². The monoisotopic (exact) mass is 511 g/mol. The number of amides is 3. The molecule has 0 unspecified atom stereocenters. The van der Waals surface area contributed by atoms with Crippen LogP contribution in [0.1, 0.15) is 48.4 Å². The standard InChI is InChI=1S/C24H15Cl2N3O6/c1-13(21(30)14-5-9-16(25)10-6-14)27(22(31)15-7-11-17(26)12-8-15)28-23(32)18-3-2-4-19(29(34)35)20(18)24(28)33/h2-13H,1H3/t13-/m0/s1. The molecule has 0 radical (unpaired) electrons. The second-order valence-electron chi connectivity index (χ2n) is 7.58. The van der Waals surface area contributed by atoms with E-state index >= 15 is 0 Å². The molecule has 1 heterocycles. The number of fused-ring (bicyclic) bond motifs is 1.